The lowest BCUT2D eigenvalue weighted by molar-refractivity contribution is -0.134. The Morgan fingerprint density at radius 2 is 2.00 bits per heavy atom. The molecule has 1 saturated heterocycles. The highest BCUT2D eigenvalue weighted by atomic mass is 32.2. The molecule has 2 aromatic heterocycles. The summed E-state index contributed by atoms with van der Waals surface area (Å²) >= 11 is 1.73. The molecular formula is C22H29N5O2S. The molecule has 1 N–H and O–H groups in total. The third kappa shape index (κ3) is 4.38. The maximum absolute atomic E-state index is 13.5. The van der Waals surface area contributed by atoms with E-state index in [1.54, 1.807) is 17.8 Å². The van der Waals surface area contributed by atoms with E-state index in [0.29, 0.717) is 31.5 Å². The molecule has 0 saturated carbocycles. The van der Waals surface area contributed by atoms with E-state index in [0.717, 1.165) is 35.7 Å². The van der Waals surface area contributed by atoms with Gasteiger partial charge in [-0.05, 0) is 56.7 Å². The molecule has 0 aromatic carbocycles. The number of aryl methyl sites for hydroxylation is 2. The third-order valence-electron chi connectivity index (χ3n) is 5.99. The molecular weight excluding hydrogens is 398 g/mol. The van der Waals surface area contributed by atoms with Gasteiger partial charge in [-0.2, -0.15) is 11.8 Å². The zero-order valence-electron chi connectivity index (χ0n) is 17.8. The second-order valence-electron chi connectivity index (χ2n) is 8.39. The van der Waals surface area contributed by atoms with Gasteiger partial charge in [-0.1, -0.05) is 6.07 Å². The molecule has 0 spiro atoms. The molecule has 0 aliphatic carbocycles. The number of carbonyl (C=O) groups excluding carboxylic acids is 1. The summed E-state index contributed by atoms with van der Waals surface area (Å²) in [5, 5.41) is 3.30. The molecule has 4 heterocycles. The standard InChI is InChI=1S/C22H29N5O2S/c1-14-9-15(2)24-22(23-14)25-18(7-8-30-3)21(29)26-11-16-10-17(13-26)19-5-4-6-20(28)27(19)12-16/h4-6,9,16-18H,7-8,10-13H2,1-3H3,(H,23,24,25)/t16-,17+,18-/m1/s1. The normalized spacial score (nSPS) is 21.1. The zero-order valence-corrected chi connectivity index (χ0v) is 18.6. The first-order chi connectivity index (χ1) is 14.4. The molecule has 2 bridgehead atoms. The Hall–Kier alpha value is -2.35. The van der Waals surface area contributed by atoms with Crippen LogP contribution in [0.25, 0.3) is 0 Å². The van der Waals surface area contributed by atoms with E-state index in [1.165, 1.54) is 0 Å². The minimum absolute atomic E-state index is 0.0634. The first-order valence-electron chi connectivity index (χ1n) is 10.5. The number of thioether (sulfide) groups is 1. The van der Waals surface area contributed by atoms with Crippen molar-refractivity contribution in [1.29, 1.82) is 0 Å². The Bertz CT molecular complexity index is 971. The van der Waals surface area contributed by atoms with Gasteiger partial charge in [0.05, 0.1) is 0 Å². The van der Waals surface area contributed by atoms with Gasteiger partial charge in [-0.3, -0.25) is 9.59 Å². The summed E-state index contributed by atoms with van der Waals surface area (Å²) in [6.07, 6.45) is 3.81. The quantitative estimate of drug-likeness (QED) is 0.763. The van der Waals surface area contributed by atoms with Crippen LogP contribution in [0.4, 0.5) is 5.95 Å². The van der Waals surface area contributed by atoms with Crippen LogP contribution in [-0.2, 0) is 11.3 Å². The molecule has 2 aliphatic heterocycles. The van der Waals surface area contributed by atoms with Crippen molar-refractivity contribution in [2.75, 3.05) is 30.4 Å². The number of nitrogens with zero attached hydrogens (tertiary/aromatic N) is 4. The van der Waals surface area contributed by atoms with Crippen LogP contribution in [-0.4, -0.2) is 56.5 Å². The first kappa shape index (κ1) is 20.9. The van der Waals surface area contributed by atoms with Crippen LogP contribution in [0, 0.1) is 19.8 Å². The lowest BCUT2D eigenvalue weighted by atomic mass is 9.83. The SMILES string of the molecule is CSCC[C@@H](Nc1nc(C)cc(C)n1)C(=O)N1C[C@H]2C[C@@H](C1)c1cccc(=O)n1C2. The number of amides is 1. The van der Waals surface area contributed by atoms with Crippen molar-refractivity contribution in [2.45, 2.75) is 45.2 Å². The predicted molar refractivity (Wildman–Crippen MR) is 120 cm³/mol. The second kappa shape index (κ2) is 8.79. The lowest BCUT2D eigenvalue weighted by Gasteiger charge is -2.43. The van der Waals surface area contributed by atoms with Crippen LogP contribution in [0.3, 0.4) is 0 Å². The Kier molecular flexibility index (Phi) is 6.13. The van der Waals surface area contributed by atoms with E-state index in [4.69, 9.17) is 0 Å². The Balaban J connectivity index is 1.54. The van der Waals surface area contributed by atoms with Crippen molar-refractivity contribution in [3.8, 4) is 0 Å². The Labute approximate surface area is 181 Å². The molecule has 0 unspecified atom stereocenters. The molecule has 8 heteroatoms. The number of hydrogen-bond acceptors (Lipinski definition) is 6. The van der Waals surface area contributed by atoms with Crippen molar-refractivity contribution in [3.05, 3.63) is 51.7 Å². The number of fused-ring (bicyclic) bond motifs is 4. The monoisotopic (exact) mass is 427 g/mol. The molecule has 30 heavy (non-hydrogen) atoms. The van der Waals surface area contributed by atoms with Crippen molar-refractivity contribution in [2.24, 2.45) is 5.92 Å². The molecule has 1 fully saturated rings. The van der Waals surface area contributed by atoms with Gasteiger partial charge >= 0.3 is 0 Å². The molecule has 3 atom stereocenters. The van der Waals surface area contributed by atoms with Crippen LogP contribution in [0.1, 0.15) is 35.8 Å². The number of piperidine rings is 1. The highest BCUT2D eigenvalue weighted by molar-refractivity contribution is 7.98. The highest BCUT2D eigenvalue weighted by Gasteiger charge is 2.38. The van der Waals surface area contributed by atoms with Crippen molar-refractivity contribution >= 4 is 23.6 Å². The second-order valence-corrected chi connectivity index (χ2v) is 9.38. The Morgan fingerprint density at radius 3 is 2.73 bits per heavy atom. The summed E-state index contributed by atoms with van der Waals surface area (Å²) in [6.45, 7) is 5.91. The number of nitrogens with one attached hydrogen (secondary N) is 1. The molecule has 2 aromatic rings. The van der Waals surface area contributed by atoms with Gasteiger partial charge in [0.15, 0.2) is 0 Å². The Morgan fingerprint density at radius 1 is 1.23 bits per heavy atom. The summed E-state index contributed by atoms with van der Waals surface area (Å²) in [5.41, 5.74) is 2.89. The van der Waals surface area contributed by atoms with Crippen molar-refractivity contribution < 1.29 is 4.79 Å². The predicted octanol–water partition coefficient (Wildman–Crippen LogP) is 2.43. The number of anilines is 1. The first-order valence-corrected chi connectivity index (χ1v) is 11.9. The fourth-order valence-electron chi connectivity index (χ4n) is 4.74. The van der Waals surface area contributed by atoms with Gasteiger partial charge in [0.2, 0.25) is 11.9 Å². The van der Waals surface area contributed by atoms with E-state index in [-0.39, 0.29) is 23.4 Å². The van der Waals surface area contributed by atoms with Crippen LogP contribution in [0.15, 0.2) is 29.1 Å². The van der Waals surface area contributed by atoms with E-state index >= 15 is 0 Å². The number of hydrogen-bond donors (Lipinski definition) is 1. The van der Waals surface area contributed by atoms with Crippen molar-refractivity contribution in [1.82, 2.24) is 19.4 Å². The highest BCUT2D eigenvalue weighted by Crippen LogP contribution is 2.35. The minimum atomic E-state index is -0.351. The van der Waals surface area contributed by atoms with E-state index < -0.39 is 0 Å². The minimum Gasteiger partial charge on any atom is -0.342 e. The number of aromatic nitrogens is 3. The number of pyridine rings is 1. The average molecular weight is 428 g/mol. The zero-order chi connectivity index (χ0) is 21.3. The maximum atomic E-state index is 13.5. The molecule has 7 nitrogen and oxygen atoms in total. The fraction of sp³-hybridized carbons (Fsp3) is 0.545. The van der Waals surface area contributed by atoms with Crippen molar-refractivity contribution in [3.63, 3.8) is 0 Å². The molecule has 1 amide bonds. The fourth-order valence-corrected chi connectivity index (χ4v) is 5.21. The van der Waals surface area contributed by atoms with Gasteiger partial charge in [-0.15, -0.1) is 0 Å². The third-order valence-corrected chi connectivity index (χ3v) is 6.63. The number of rotatable bonds is 6. The largest absolute Gasteiger partial charge is 0.342 e. The topological polar surface area (TPSA) is 80.1 Å². The lowest BCUT2D eigenvalue weighted by Crippen LogP contribution is -2.53. The summed E-state index contributed by atoms with van der Waals surface area (Å²) < 4.78 is 1.90. The van der Waals surface area contributed by atoms with E-state index in [2.05, 4.69) is 21.5 Å². The van der Waals surface area contributed by atoms with Gasteiger partial charge in [0.25, 0.3) is 5.56 Å². The molecule has 160 valence electrons. The number of likely N-dealkylation sites (tertiary alicyclic amines) is 1. The van der Waals surface area contributed by atoms with Crippen LogP contribution < -0.4 is 10.9 Å². The van der Waals surface area contributed by atoms with Crippen LogP contribution in [0.2, 0.25) is 0 Å². The average Bonchev–Trinajstić information content (AvgIpc) is 2.70. The van der Waals surface area contributed by atoms with E-state index in [9.17, 15) is 9.59 Å². The van der Waals surface area contributed by atoms with Gasteiger partial charge in [-0.25, -0.2) is 9.97 Å². The summed E-state index contributed by atoms with van der Waals surface area (Å²) in [7, 11) is 0. The smallest absolute Gasteiger partial charge is 0.250 e. The van der Waals surface area contributed by atoms with Gasteiger partial charge in [0.1, 0.15) is 6.04 Å². The van der Waals surface area contributed by atoms with Crippen LogP contribution in [0.5, 0.6) is 0 Å². The van der Waals surface area contributed by atoms with Crippen LogP contribution >= 0.6 is 11.8 Å². The van der Waals surface area contributed by atoms with Gasteiger partial charge in [0, 0.05) is 48.7 Å². The molecule has 2 aliphatic rings. The summed E-state index contributed by atoms with van der Waals surface area (Å²) in [4.78, 5) is 36.7. The summed E-state index contributed by atoms with van der Waals surface area (Å²) in [6, 6.07) is 7.06. The number of carbonyl (C=O) groups is 1. The maximum Gasteiger partial charge on any atom is 0.250 e. The molecule has 4 rings (SSSR count). The van der Waals surface area contributed by atoms with Gasteiger partial charge < -0.3 is 14.8 Å². The van der Waals surface area contributed by atoms with E-state index in [1.807, 2.05) is 41.5 Å². The molecule has 0 radical (unpaired) electrons. The summed E-state index contributed by atoms with van der Waals surface area (Å²) in [5.74, 6) is 2.04.